The zero-order valence-corrected chi connectivity index (χ0v) is 10.8. The number of hydrogen-bond acceptors (Lipinski definition) is 3. The van der Waals surface area contributed by atoms with E-state index in [2.05, 4.69) is 5.16 Å². The Bertz CT molecular complexity index is 597. The monoisotopic (exact) mass is 272 g/mol. The van der Waals surface area contributed by atoms with Crippen molar-refractivity contribution < 1.29 is 4.52 Å². The Morgan fingerprint density at radius 3 is 2.71 bits per heavy atom. The lowest BCUT2D eigenvalue weighted by Gasteiger charge is -2.06. The zero-order chi connectivity index (χ0) is 12.6. The molecular weight excluding hydrogens is 263 g/mol. The van der Waals surface area contributed by atoms with E-state index in [-0.39, 0.29) is 10.6 Å². The summed E-state index contributed by atoms with van der Waals surface area (Å²) < 4.78 is 6.48. The van der Waals surface area contributed by atoms with E-state index in [1.165, 1.54) is 10.6 Å². The van der Waals surface area contributed by atoms with Gasteiger partial charge >= 0.3 is 0 Å². The second-order valence-corrected chi connectivity index (χ2v) is 4.59. The van der Waals surface area contributed by atoms with Crippen LogP contribution in [0.25, 0.3) is 0 Å². The van der Waals surface area contributed by atoms with Gasteiger partial charge in [0.15, 0.2) is 0 Å². The summed E-state index contributed by atoms with van der Waals surface area (Å²) >= 11 is 11.6. The molecule has 90 valence electrons. The Kier molecular flexibility index (Phi) is 3.26. The summed E-state index contributed by atoms with van der Waals surface area (Å²) in [6, 6.07) is 1.43. The highest BCUT2D eigenvalue weighted by Crippen LogP contribution is 2.16. The van der Waals surface area contributed by atoms with Gasteiger partial charge in [-0.25, -0.2) is 0 Å². The van der Waals surface area contributed by atoms with Gasteiger partial charge in [-0.1, -0.05) is 28.4 Å². The van der Waals surface area contributed by atoms with Crippen molar-refractivity contribution >= 4 is 23.2 Å². The molecule has 0 aliphatic heterocycles. The van der Waals surface area contributed by atoms with Crippen molar-refractivity contribution in [2.45, 2.75) is 20.4 Å². The van der Waals surface area contributed by atoms with Crippen molar-refractivity contribution in [3.8, 4) is 0 Å². The van der Waals surface area contributed by atoms with E-state index < -0.39 is 0 Å². The summed E-state index contributed by atoms with van der Waals surface area (Å²) in [6.45, 7) is 3.97. The lowest BCUT2D eigenvalue weighted by molar-refractivity contribution is 0.392. The molecule has 0 radical (unpaired) electrons. The van der Waals surface area contributed by atoms with Gasteiger partial charge < -0.3 is 9.09 Å². The largest absolute Gasteiger partial charge is 0.361 e. The molecule has 0 aliphatic carbocycles. The van der Waals surface area contributed by atoms with Crippen LogP contribution >= 0.6 is 23.2 Å². The predicted octanol–water partition coefficient (Wildman–Crippen LogP) is 2.81. The lowest BCUT2D eigenvalue weighted by Crippen LogP contribution is -2.20. The van der Waals surface area contributed by atoms with Crippen LogP contribution in [0.15, 0.2) is 21.6 Å². The lowest BCUT2D eigenvalue weighted by atomic mass is 10.2. The average molecular weight is 273 g/mol. The van der Waals surface area contributed by atoms with E-state index in [9.17, 15) is 4.79 Å². The number of hydrogen-bond donors (Lipinski definition) is 0. The molecular formula is C11H10Cl2N2O2. The highest BCUT2D eigenvalue weighted by atomic mass is 35.5. The smallest absolute Gasteiger partial charge is 0.269 e. The molecule has 0 N–H and O–H groups in total. The summed E-state index contributed by atoms with van der Waals surface area (Å²) in [7, 11) is 0. The van der Waals surface area contributed by atoms with Gasteiger partial charge in [0.05, 0.1) is 17.3 Å². The first-order valence-corrected chi connectivity index (χ1v) is 5.72. The first-order chi connectivity index (χ1) is 7.99. The minimum Gasteiger partial charge on any atom is -0.361 e. The van der Waals surface area contributed by atoms with Crippen LogP contribution in [0.1, 0.15) is 17.0 Å². The van der Waals surface area contributed by atoms with Crippen LogP contribution in [0.2, 0.25) is 10.0 Å². The van der Waals surface area contributed by atoms with Crippen LogP contribution in [0, 0.1) is 13.8 Å². The summed E-state index contributed by atoms with van der Waals surface area (Å²) in [6.07, 6.45) is 1.54. The normalized spacial score (nSPS) is 10.8. The van der Waals surface area contributed by atoms with Gasteiger partial charge in [-0.3, -0.25) is 4.79 Å². The van der Waals surface area contributed by atoms with Crippen molar-refractivity contribution in [1.82, 2.24) is 9.72 Å². The topological polar surface area (TPSA) is 48.0 Å². The first-order valence-electron chi connectivity index (χ1n) is 4.96. The average Bonchev–Trinajstić information content (AvgIpc) is 2.56. The van der Waals surface area contributed by atoms with Gasteiger partial charge in [0.2, 0.25) is 0 Å². The second kappa shape index (κ2) is 4.55. The molecule has 2 heterocycles. The summed E-state index contributed by atoms with van der Waals surface area (Å²) in [5.74, 6) is 0.686. The molecule has 17 heavy (non-hydrogen) atoms. The predicted molar refractivity (Wildman–Crippen MR) is 65.8 cm³/mol. The third-order valence-electron chi connectivity index (χ3n) is 2.52. The molecule has 0 bridgehead atoms. The maximum absolute atomic E-state index is 11.8. The number of nitrogens with zero attached hydrogens (tertiary/aromatic N) is 2. The second-order valence-electron chi connectivity index (χ2n) is 3.74. The van der Waals surface area contributed by atoms with Gasteiger partial charge in [-0.2, -0.15) is 0 Å². The number of pyridine rings is 1. The summed E-state index contributed by atoms with van der Waals surface area (Å²) in [4.78, 5) is 11.8. The molecule has 0 amide bonds. The SMILES string of the molecule is Cc1noc(C)c1Cn1cc(Cl)cc(Cl)c1=O. The van der Waals surface area contributed by atoms with Crippen molar-refractivity contribution in [2.24, 2.45) is 0 Å². The molecule has 6 heteroatoms. The Labute approximate surface area is 108 Å². The van der Waals surface area contributed by atoms with Crippen LogP contribution in [0.4, 0.5) is 0 Å². The molecule has 0 spiro atoms. The van der Waals surface area contributed by atoms with E-state index in [1.54, 1.807) is 13.1 Å². The third-order valence-corrected chi connectivity index (χ3v) is 3.00. The molecule has 0 saturated carbocycles. The van der Waals surface area contributed by atoms with Gasteiger partial charge in [-0.05, 0) is 19.9 Å². The molecule has 2 aromatic rings. The van der Waals surface area contributed by atoms with E-state index >= 15 is 0 Å². The van der Waals surface area contributed by atoms with Crippen molar-refractivity contribution in [3.63, 3.8) is 0 Å². The quantitative estimate of drug-likeness (QED) is 0.845. The van der Waals surface area contributed by atoms with Gasteiger partial charge in [0, 0.05) is 11.8 Å². The fraction of sp³-hybridized carbons (Fsp3) is 0.273. The van der Waals surface area contributed by atoms with E-state index in [1.807, 2.05) is 6.92 Å². The zero-order valence-electron chi connectivity index (χ0n) is 9.33. The van der Waals surface area contributed by atoms with Crippen LogP contribution in [-0.2, 0) is 6.54 Å². The number of aromatic nitrogens is 2. The van der Waals surface area contributed by atoms with Crippen LogP contribution < -0.4 is 5.56 Å². The first kappa shape index (κ1) is 12.2. The summed E-state index contributed by atoms with van der Waals surface area (Å²) in [5.41, 5.74) is 1.34. The molecule has 0 saturated heterocycles. The highest BCUT2D eigenvalue weighted by molar-refractivity contribution is 6.34. The minimum absolute atomic E-state index is 0.101. The van der Waals surface area contributed by atoms with E-state index in [0.29, 0.717) is 17.3 Å². The molecule has 4 nitrogen and oxygen atoms in total. The Balaban J connectivity index is 2.47. The molecule has 0 aromatic carbocycles. The van der Waals surface area contributed by atoms with Gasteiger partial charge in [-0.15, -0.1) is 0 Å². The molecule has 0 unspecified atom stereocenters. The van der Waals surface area contributed by atoms with E-state index in [0.717, 1.165) is 11.3 Å². The molecule has 0 atom stereocenters. The summed E-state index contributed by atoms with van der Waals surface area (Å²) in [5, 5.41) is 4.35. The fourth-order valence-corrected chi connectivity index (χ4v) is 2.09. The Morgan fingerprint density at radius 2 is 2.12 bits per heavy atom. The van der Waals surface area contributed by atoms with Crippen LogP contribution in [-0.4, -0.2) is 9.72 Å². The van der Waals surface area contributed by atoms with Gasteiger partial charge in [0.25, 0.3) is 5.56 Å². The number of aryl methyl sites for hydroxylation is 2. The molecule has 2 rings (SSSR count). The van der Waals surface area contributed by atoms with Crippen LogP contribution in [0.3, 0.4) is 0 Å². The highest BCUT2D eigenvalue weighted by Gasteiger charge is 2.11. The number of rotatable bonds is 2. The molecule has 0 aliphatic rings. The van der Waals surface area contributed by atoms with Gasteiger partial charge in [0.1, 0.15) is 10.8 Å². The van der Waals surface area contributed by atoms with Crippen LogP contribution in [0.5, 0.6) is 0 Å². The van der Waals surface area contributed by atoms with Crippen molar-refractivity contribution in [1.29, 1.82) is 0 Å². The fourth-order valence-electron chi connectivity index (χ4n) is 1.58. The van der Waals surface area contributed by atoms with Crippen molar-refractivity contribution in [3.05, 3.63) is 49.7 Å². The van der Waals surface area contributed by atoms with Crippen molar-refractivity contribution in [2.75, 3.05) is 0 Å². The molecule has 2 aromatic heterocycles. The number of halogens is 2. The Morgan fingerprint density at radius 1 is 1.41 bits per heavy atom. The maximum atomic E-state index is 11.8. The Hall–Kier alpha value is -1.26. The maximum Gasteiger partial charge on any atom is 0.269 e. The minimum atomic E-state index is -0.281. The van der Waals surface area contributed by atoms with E-state index in [4.69, 9.17) is 27.7 Å². The standard InChI is InChI=1S/C11H10Cl2N2O2/c1-6-9(7(2)17-14-6)5-15-4-8(12)3-10(13)11(15)16/h3-4H,5H2,1-2H3. The molecule has 0 fully saturated rings. The third kappa shape index (κ3) is 2.37.